The number of alkyl halides is 3. The van der Waals surface area contributed by atoms with E-state index in [-0.39, 0.29) is 18.3 Å². The highest BCUT2D eigenvalue weighted by molar-refractivity contribution is 7.15. The number of hydrogen-bond donors (Lipinski definition) is 3. The minimum absolute atomic E-state index is 0.0879. The topological polar surface area (TPSA) is 139 Å². The van der Waals surface area contributed by atoms with Crippen LogP contribution in [0.2, 0.25) is 0 Å². The first kappa shape index (κ1) is 29.5. The Labute approximate surface area is 246 Å². The van der Waals surface area contributed by atoms with E-state index < -0.39 is 30.0 Å². The van der Waals surface area contributed by atoms with Gasteiger partial charge in [0.25, 0.3) is 5.91 Å². The van der Waals surface area contributed by atoms with Crippen LogP contribution in [0, 0.1) is 0 Å². The molecule has 42 heavy (non-hydrogen) atoms. The maximum Gasteiger partial charge on any atom is 0.573 e. The van der Waals surface area contributed by atoms with Crippen molar-refractivity contribution in [3.05, 3.63) is 75.7 Å². The Morgan fingerprint density at radius 3 is 2.21 bits per heavy atom. The quantitative estimate of drug-likeness (QED) is 0.221. The molecular weight excluding hydrogens is 593 g/mol. The van der Waals surface area contributed by atoms with Crippen LogP contribution in [-0.2, 0) is 16.0 Å². The van der Waals surface area contributed by atoms with E-state index in [0.29, 0.717) is 21.4 Å². The van der Waals surface area contributed by atoms with Gasteiger partial charge < -0.3 is 15.2 Å². The summed E-state index contributed by atoms with van der Waals surface area (Å²) >= 11 is 2.53. The van der Waals surface area contributed by atoms with Crippen molar-refractivity contribution in [1.29, 1.82) is 0 Å². The van der Waals surface area contributed by atoms with Gasteiger partial charge in [0.15, 0.2) is 6.10 Å². The van der Waals surface area contributed by atoms with Crippen LogP contribution in [0.3, 0.4) is 0 Å². The zero-order valence-electron chi connectivity index (χ0n) is 21.9. The molecule has 1 aliphatic rings. The van der Waals surface area contributed by atoms with Crippen molar-refractivity contribution in [1.82, 2.24) is 20.4 Å². The highest BCUT2D eigenvalue weighted by atomic mass is 32.1. The Morgan fingerprint density at radius 2 is 1.57 bits per heavy atom. The van der Waals surface area contributed by atoms with Crippen molar-refractivity contribution in [2.75, 3.05) is 10.6 Å². The summed E-state index contributed by atoms with van der Waals surface area (Å²) in [5.74, 6) is -1.24. The van der Waals surface area contributed by atoms with Crippen molar-refractivity contribution < 1.29 is 32.6 Å². The zero-order valence-corrected chi connectivity index (χ0v) is 23.5. The molecule has 220 valence electrons. The molecule has 15 heteroatoms. The third kappa shape index (κ3) is 7.86. The number of aliphatic hydroxyl groups excluding tert-OH is 1. The van der Waals surface area contributed by atoms with Crippen LogP contribution >= 0.6 is 22.7 Å². The molecule has 10 nitrogen and oxygen atoms in total. The van der Waals surface area contributed by atoms with Gasteiger partial charge in [0, 0.05) is 11.8 Å². The van der Waals surface area contributed by atoms with Gasteiger partial charge in [0.2, 0.25) is 16.2 Å². The summed E-state index contributed by atoms with van der Waals surface area (Å²) in [5.41, 5.74) is 0.837. The van der Waals surface area contributed by atoms with Gasteiger partial charge in [-0.05, 0) is 42.5 Å². The van der Waals surface area contributed by atoms with Gasteiger partial charge in [-0.1, -0.05) is 71.6 Å². The minimum Gasteiger partial charge on any atom is -0.406 e. The number of halogens is 3. The lowest BCUT2D eigenvalue weighted by molar-refractivity contribution is -0.274. The van der Waals surface area contributed by atoms with Crippen molar-refractivity contribution in [2.24, 2.45) is 0 Å². The number of aliphatic hydroxyl groups is 1. The van der Waals surface area contributed by atoms with E-state index in [1.165, 1.54) is 40.9 Å². The van der Waals surface area contributed by atoms with E-state index in [0.717, 1.165) is 41.8 Å². The Kier molecular flexibility index (Phi) is 9.09. The predicted molar refractivity (Wildman–Crippen MR) is 149 cm³/mol. The monoisotopic (exact) mass is 618 g/mol. The van der Waals surface area contributed by atoms with E-state index in [2.05, 4.69) is 35.8 Å². The second-order valence-corrected chi connectivity index (χ2v) is 11.7. The molecule has 0 bridgehead atoms. The second kappa shape index (κ2) is 12.9. The second-order valence-electron chi connectivity index (χ2n) is 9.67. The standard InChI is InChI=1S/C27H25F3N6O4S2/c28-27(29,30)40-19-11-4-6-15(12-19)13-20(37)31-25-35-33-23(41-25)17-9-5-10-18(14-17)24-34-36-26(42-24)32-22(39)21(38)16-7-2-1-3-8-16/h1-4,6-8,11-12,17-18,21,38H,5,9-10,13-14H2,(H,31,35,37)(H,32,36,39)/t17-,18-,21?/m0/s1. The van der Waals surface area contributed by atoms with Crippen LogP contribution in [-0.4, -0.2) is 43.7 Å². The number of benzene rings is 2. The summed E-state index contributed by atoms with van der Waals surface area (Å²) in [6.45, 7) is 0. The summed E-state index contributed by atoms with van der Waals surface area (Å²) in [6.07, 6.45) is -2.86. The molecule has 4 aromatic rings. The van der Waals surface area contributed by atoms with Crippen molar-refractivity contribution in [3.63, 3.8) is 0 Å². The van der Waals surface area contributed by atoms with Gasteiger partial charge in [0.1, 0.15) is 15.8 Å². The van der Waals surface area contributed by atoms with Gasteiger partial charge in [-0.25, -0.2) is 0 Å². The van der Waals surface area contributed by atoms with E-state index >= 15 is 0 Å². The molecule has 2 heterocycles. The molecule has 0 radical (unpaired) electrons. The summed E-state index contributed by atoms with van der Waals surface area (Å²) in [4.78, 5) is 25.0. The zero-order chi connectivity index (χ0) is 29.7. The molecule has 0 aliphatic heterocycles. The van der Waals surface area contributed by atoms with Crippen LogP contribution < -0.4 is 15.4 Å². The van der Waals surface area contributed by atoms with Crippen LogP contribution in [0.1, 0.15) is 64.8 Å². The van der Waals surface area contributed by atoms with Gasteiger partial charge in [0.05, 0.1) is 6.42 Å². The average molecular weight is 619 g/mol. The molecule has 2 amide bonds. The minimum atomic E-state index is -4.82. The largest absolute Gasteiger partial charge is 0.573 e. The average Bonchev–Trinajstić information content (AvgIpc) is 3.62. The summed E-state index contributed by atoms with van der Waals surface area (Å²) in [6, 6.07) is 13.9. The van der Waals surface area contributed by atoms with Crippen molar-refractivity contribution >= 4 is 44.8 Å². The molecule has 3 N–H and O–H groups in total. The van der Waals surface area contributed by atoms with Crippen LogP contribution in [0.5, 0.6) is 5.75 Å². The number of hydrogen-bond acceptors (Lipinski definition) is 10. The number of anilines is 2. The van der Waals surface area contributed by atoms with Crippen LogP contribution in [0.15, 0.2) is 54.6 Å². The first-order chi connectivity index (χ1) is 20.1. The number of amides is 2. The summed E-state index contributed by atoms with van der Waals surface area (Å²) < 4.78 is 41.4. The predicted octanol–water partition coefficient (Wildman–Crippen LogP) is 5.58. The molecule has 2 aromatic carbocycles. The molecule has 0 saturated heterocycles. The fourth-order valence-corrected chi connectivity index (χ4v) is 6.50. The Balaban J connectivity index is 1.15. The van der Waals surface area contributed by atoms with Crippen molar-refractivity contribution in [2.45, 2.75) is 56.4 Å². The van der Waals surface area contributed by atoms with Gasteiger partial charge >= 0.3 is 6.36 Å². The number of nitrogens with zero attached hydrogens (tertiary/aromatic N) is 4. The van der Waals surface area contributed by atoms with Gasteiger partial charge in [-0.3, -0.25) is 14.9 Å². The SMILES string of the molecule is O=C(Cc1cccc(OC(F)(F)F)c1)Nc1nnc([C@H]2CCC[C@H](c3nnc(NC(=O)C(O)c4ccccc4)s3)C2)s1. The molecule has 1 unspecified atom stereocenters. The fraction of sp³-hybridized carbons (Fsp3) is 0.333. The van der Waals surface area contributed by atoms with Gasteiger partial charge in [-0.15, -0.1) is 33.6 Å². The Morgan fingerprint density at radius 1 is 0.929 bits per heavy atom. The van der Waals surface area contributed by atoms with E-state index in [4.69, 9.17) is 0 Å². The highest BCUT2D eigenvalue weighted by Gasteiger charge is 2.32. The number of rotatable bonds is 9. The number of ether oxygens (including phenoxy) is 1. The molecule has 5 rings (SSSR count). The molecule has 3 atom stereocenters. The molecule has 1 saturated carbocycles. The lowest BCUT2D eigenvalue weighted by Crippen LogP contribution is -2.20. The highest BCUT2D eigenvalue weighted by Crippen LogP contribution is 2.43. The first-order valence-corrected chi connectivity index (χ1v) is 14.6. The van der Waals surface area contributed by atoms with Crippen LogP contribution in [0.4, 0.5) is 23.4 Å². The Bertz CT molecular complexity index is 1530. The molecule has 1 fully saturated rings. The lowest BCUT2D eigenvalue weighted by atomic mass is 9.82. The van der Waals surface area contributed by atoms with Crippen molar-refractivity contribution in [3.8, 4) is 5.75 Å². The van der Waals surface area contributed by atoms with E-state index in [1.54, 1.807) is 30.3 Å². The lowest BCUT2D eigenvalue weighted by Gasteiger charge is -2.25. The fourth-order valence-electron chi connectivity index (χ4n) is 4.70. The first-order valence-electron chi connectivity index (χ1n) is 13.0. The third-order valence-electron chi connectivity index (χ3n) is 6.59. The molecule has 2 aromatic heterocycles. The van der Waals surface area contributed by atoms with E-state index in [9.17, 15) is 27.9 Å². The molecule has 1 aliphatic carbocycles. The van der Waals surface area contributed by atoms with Crippen LogP contribution in [0.25, 0.3) is 0 Å². The number of carbonyl (C=O) groups is 2. The maximum absolute atomic E-state index is 12.5. The smallest absolute Gasteiger partial charge is 0.406 e. The molecular formula is C27H25F3N6O4S2. The Hall–Kier alpha value is -3.95. The number of carbonyl (C=O) groups excluding carboxylic acids is 2. The summed E-state index contributed by atoms with van der Waals surface area (Å²) in [5, 5.41) is 34.5. The maximum atomic E-state index is 12.5. The summed E-state index contributed by atoms with van der Waals surface area (Å²) in [7, 11) is 0. The number of nitrogens with one attached hydrogen (secondary N) is 2. The molecule has 0 spiro atoms. The third-order valence-corrected chi connectivity index (χ3v) is 8.59. The number of aromatic nitrogens is 4. The van der Waals surface area contributed by atoms with Gasteiger partial charge in [-0.2, -0.15) is 0 Å². The van der Waals surface area contributed by atoms with E-state index in [1.807, 2.05) is 0 Å². The normalized spacial score (nSPS) is 17.8.